The maximum absolute atomic E-state index is 14.0. The topological polar surface area (TPSA) is 88.2 Å². The Morgan fingerprint density at radius 2 is 2.19 bits per heavy atom. The van der Waals surface area contributed by atoms with Crippen LogP contribution in [0.25, 0.3) is 0 Å². The molecule has 7 heteroatoms. The van der Waals surface area contributed by atoms with Crippen molar-refractivity contribution >= 4 is 11.7 Å². The van der Waals surface area contributed by atoms with Crippen molar-refractivity contribution in [3.8, 4) is 0 Å². The summed E-state index contributed by atoms with van der Waals surface area (Å²) in [6.07, 6.45) is 0.194. The first-order valence-corrected chi connectivity index (χ1v) is 6.51. The second-order valence-electron chi connectivity index (χ2n) is 4.56. The minimum Gasteiger partial charge on any atom is -0.409 e. The van der Waals surface area contributed by atoms with Crippen LogP contribution in [0, 0.1) is 12.7 Å². The van der Waals surface area contributed by atoms with Gasteiger partial charge in [0, 0.05) is 26.6 Å². The number of rotatable bonds is 7. The number of benzene rings is 1. The number of oxime groups is 1. The number of aryl methyl sites for hydroxylation is 1. The van der Waals surface area contributed by atoms with E-state index < -0.39 is 11.7 Å². The van der Waals surface area contributed by atoms with Gasteiger partial charge in [0.15, 0.2) is 0 Å². The summed E-state index contributed by atoms with van der Waals surface area (Å²) in [6.45, 7) is 2.42. The molecule has 1 aromatic carbocycles. The second kappa shape index (κ2) is 8.21. The van der Waals surface area contributed by atoms with Crippen molar-refractivity contribution in [3.63, 3.8) is 0 Å². The summed E-state index contributed by atoms with van der Waals surface area (Å²) in [5.74, 6) is -0.970. The van der Waals surface area contributed by atoms with Gasteiger partial charge in [0.1, 0.15) is 11.7 Å². The Morgan fingerprint density at radius 1 is 1.48 bits per heavy atom. The smallest absolute Gasteiger partial charge is 0.256 e. The summed E-state index contributed by atoms with van der Waals surface area (Å²) in [5, 5.41) is 11.4. The molecule has 0 aliphatic rings. The number of hydrogen-bond acceptors (Lipinski definition) is 4. The molecule has 0 fully saturated rings. The van der Waals surface area contributed by atoms with Gasteiger partial charge in [-0.05, 0) is 18.6 Å². The van der Waals surface area contributed by atoms with Crippen LogP contribution in [-0.2, 0) is 4.74 Å². The predicted octanol–water partition coefficient (Wildman–Crippen LogP) is 1.36. The molecule has 0 aromatic heterocycles. The van der Waals surface area contributed by atoms with E-state index in [-0.39, 0.29) is 24.4 Å². The van der Waals surface area contributed by atoms with Crippen molar-refractivity contribution in [1.82, 2.24) is 4.90 Å². The highest BCUT2D eigenvalue weighted by molar-refractivity contribution is 5.95. The highest BCUT2D eigenvalue weighted by Crippen LogP contribution is 2.14. The molecule has 116 valence electrons. The molecule has 21 heavy (non-hydrogen) atoms. The molecule has 0 heterocycles. The van der Waals surface area contributed by atoms with Gasteiger partial charge in [-0.15, -0.1) is 0 Å². The summed E-state index contributed by atoms with van der Waals surface area (Å²) in [4.78, 5) is 13.8. The molecule has 1 amide bonds. The molecule has 0 aliphatic heterocycles. The average Bonchev–Trinajstić information content (AvgIpc) is 2.49. The molecule has 0 saturated carbocycles. The lowest BCUT2D eigenvalue weighted by Gasteiger charge is -2.22. The summed E-state index contributed by atoms with van der Waals surface area (Å²) in [6, 6.07) is 4.67. The van der Waals surface area contributed by atoms with Gasteiger partial charge in [-0.25, -0.2) is 4.39 Å². The third kappa shape index (κ3) is 4.71. The monoisotopic (exact) mass is 297 g/mol. The van der Waals surface area contributed by atoms with Crippen molar-refractivity contribution < 1.29 is 19.1 Å². The third-order valence-electron chi connectivity index (χ3n) is 3.04. The lowest BCUT2D eigenvalue weighted by molar-refractivity contribution is 0.0696. The highest BCUT2D eigenvalue weighted by Gasteiger charge is 2.20. The van der Waals surface area contributed by atoms with Crippen LogP contribution in [0.3, 0.4) is 0 Å². The number of amides is 1. The average molecular weight is 297 g/mol. The van der Waals surface area contributed by atoms with Crippen LogP contribution in [0.1, 0.15) is 22.3 Å². The summed E-state index contributed by atoms with van der Waals surface area (Å²) in [7, 11) is 1.51. The van der Waals surface area contributed by atoms with E-state index in [4.69, 9.17) is 15.7 Å². The molecule has 1 rings (SSSR count). The Labute approximate surface area is 123 Å². The zero-order chi connectivity index (χ0) is 15.8. The Bertz CT molecular complexity index is 520. The van der Waals surface area contributed by atoms with E-state index >= 15 is 0 Å². The van der Waals surface area contributed by atoms with E-state index in [1.165, 1.54) is 18.1 Å². The predicted molar refractivity (Wildman–Crippen MR) is 76.9 cm³/mol. The molecular weight excluding hydrogens is 277 g/mol. The second-order valence-corrected chi connectivity index (χ2v) is 4.56. The number of carbonyl (C=O) groups excluding carboxylic acids is 1. The van der Waals surface area contributed by atoms with Crippen LogP contribution < -0.4 is 5.73 Å². The van der Waals surface area contributed by atoms with E-state index in [9.17, 15) is 9.18 Å². The van der Waals surface area contributed by atoms with Crippen LogP contribution in [0.15, 0.2) is 23.4 Å². The number of methoxy groups -OCH3 is 1. The number of carbonyl (C=O) groups is 1. The first-order chi connectivity index (χ1) is 10.0. The molecule has 3 N–H and O–H groups in total. The first-order valence-electron chi connectivity index (χ1n) is 6.51. The molecule has 0 saturated heterocycles. The van der Waals surface area contributed by atoms with E-state index in [1.54, 1.807) is 19.1 Å². The van der Waals surface area contributed by atoms with Crippen molar-refractivity contribution in [2.45, 2.75) is 13.3 Å². The number of nitrogens with zero attached hydrogens (tertiary/aromatic N) is 2. The van der Waals surface area contributed by atoms with Gasteiger partial charge in [-0.1, -0.05) is 17.3 Å². The van der Waals surface area contributed by atoms with Crippen molar-refractivity contribution in [3.05, 3.63) is 35.1 Å². The van der Waals surface area contributed by atoms with E-state index in [0.29, 0.717) is 18.7 Å². The third-order valence-corrected chi connectivity index (χ3v) is 3.04. The van der Waals surface area contributed by atoms with Gasteiger partial charge in [0.05, 0.1) is 12.2 Å². The van der Waals surface area contributed by atoms with Gasteiger partial charge >= 0.3 is 0 Å². The number of halogens is 1. The van der Waals surface area contributed by atoms with Gasteiger partial charge in [-0.2, -0.15) is 0 Å². The van der Waals surface area contributed by atoms with Gasteiger partial charge in [-0.3, -0.25) is 4.79 Å². The maximum Gasteiger partial charge on any atom is 0.256 e. The number of hydrogen-bond donors (Lipinski definition) is 2. The fraction of sp³-hybridized carbons (Fsp3) is 0.429. The highest BCUT2D eigenvalue weighted by atomic mass is 19.1. The Balaban J connectivity index is 2.90. The molecular formula is C14H20FN3O3. The molecule has 0 spiro atoms. The van der Waals surface area contributed by atoms with E-state index in [0.717, 1.165) is 0 Å². The van der Waals surface area contributed by atoms with E-state index in [1.807, 2.05) is 0 Å². The van der Waals surface area contributed by atoms with Crippen molar-refractivity contribution in [2.24, 2.45) is 10.9 Å². The molecule has 0 aliphatic carbocycles. The largest absolute Gasteiger partial charge is 0.409 e. The number of amidine groups is 1. The van der Waals surface area contributed by atoms with Crippen LogP contribution in [-0.4, -0.2) is 48.7 Å². The molecule has 0 radical (unpaired) electrons. The standard InChI is InChI=1S/C14H20FN3O3/c1-10-4-3-5-11(13(10)15)14(19)18(8-9-21-2)7-6-12(16)17-20/h3-5,20H,6-9H2,1-2H3,(H2,16,17). The maximum atomic E-state index is 14.0. The van der Waals surface area contributed by atoms with Crippen molar-refractivity contribution in [1.29, 1.82) is 0 Å². The van der Waals surface area contributed by atoms with Gasteiger partial charge < -0.3 is 20.6 Å². The zero-order valence-corrected chi connectivity index (χ0v) is 12.2. The minimum absolute atomic E-state index is 0.00520. The lowest BCUT2D eigenvalue weighted by atomic mass is 10.1. The van der Waals surface area contributed by atoms with Crippen molar-refractivity contribution in [2.75, 3.05) is 26.8 Å². The van der Waals surface area contributed by atoms with Crippen LogP contribution in [0.4, 0.5) is 4.39 Å². The normalized spacial score (nSPS) is 11.5. The fourth-order valence-corrected chi connectivity index (χ4v) is 1.80. The van der Waals surface area contributed by atoms with E-state index in [2.05, 4.69) is 5.16 Å². The molecule has 0 bridgehead atoms. The SMILES string of the molecule is COCCN(CC/C(N)=N/O)C(=O)c1cccc(C)c1F. The summed E-state index contributed by atoms with van der Waals surface area (Å²) in [5.41, 5.74) is 5.81. The zero-order valence-electron chi connectivity index (χ0n) is 12.2. The minimum atomic E-state index is -0.534. The fourth-order valence-electron chi connectivity index (χ4n) is 1.80. The molecule has 1 aromatic rings. The van der Waals surface area contributed by atoms with Crippen LogP contribution in [0.5, 0.6) is 0 Å². The Morgan fingerprint density at radius 3 is 2.81 bits per heavy atom. The summed E-state index contributed by atoms with van der Waals surface area (Å²) >= 11 is 0. The lowest BCUT2D eigenvalue weighted by Crippen LogP contribution is -2.37. The Hall–Kier alpha value is -2.15. The quantitative estimate of drug-likeness (QED) is 0.344. The number of nitrogens with two attached hydrogens (primary N) is 1. The summed E-state index contributed by atoms with van der Waals surface area (Å²) < 4.78 is 19.0. The van der Waals surface area contributed by atoms with Gasteiger partial charge in [0.2, 0.25) is 0 Å². The molecule has 0 unspecified atom stereocenters. The van der Waals surface area contributed by atoms with Gasteiger partial charge in [0.25, 0.3) is 5.91 Å². The molecule has 0 atom stereocenters. The van der Waals surface area contributed by atoms with Crippen LogP contribution >= 0.6 is 0 Å². The molecule has 6 nitrogen and oxygen atoms in total. The number of ether oxygens (including phenoxy) is 1. The first kappa shape index (κ1) is 16.9. The van der Waals surface area contributed by atoms with Crippen LogP contribution in [0.2, 0.25) is 0 Å². The Kier molecular flexibility index (Phi) is 6.61.